The van der Waals surface area contributed by atoms with Crippen LogP contribution in [0.25, 0.3) is 22.3 Å². The molecule has 7 heteroatoms. The van der Waals surface area contributed by atoms with Crippen LogP contribution in [0.15, 0.2) is 36.7 Å². The summed E-state index contributed by atoms with van der Waals surface area (Å²) in [6.45, 7) is 6.19. The van der Waals surface area contributed by atoms with Crippen molar-refractivity contribution in [3.8, 4) is 11.4 Å². The average Bonchev–Trinajstić information content (AvgIpc) is 3.46. The first-order valence-electron chi connectivity index (χ1n) is 11.0. The minimum atomic E-state index is -0.250. The molecule has 1 saturated heterocycles. The highest BCUT2D eigenvalue weighted by Gasteiger charge is 2.23. The molecule has 1 aromatic carbocycles. The summed E-state index contributed by atoms with van der Waals surface area (Å²) in [5.74, 6) is 2.86. The van der Waals surface area contributed by atoms with Crippen molar-refractivity contribution in [3.05, 3.63) is 42.2 Å². The maximum absolute atomic E-state index is 8.36. The van der Waals surface area contributed by atoms with E-state index < -0.39 is 0 Å². The number of anilines is 1. The lowest BCUT2D eigenvalue weighted by Gasteiger charge is -2.30. The van der Waals surface area contributed by atoms with Crippen molar-refractivity contribution < 1.29 is 14.6 Å². The summed E-state index contributed by atoms with van der Waals surface area (Å²) in [4.78, 5) is 20.6. The number of aromatic nitrogens is 3. The molecule has 3 aromatic rings. The number of benzene rings is 1. The lowest BCUT2D eigenvalue weighted by molar-refractivity contribution is -0.122. The Balaban J connectivity index is 0.000000730. The fourth-order valence-corrected chi connectivity index (χ4v) is 4.62. The van der Waals surface area contributed by atoms with Crippen LogP contribution in [-0.4, -0.2) is 52.4 Å². The van der Waals surface area contributed by atoms with E-state index in [2.05, 4.69) is 46.9 Å². The second kappa shape index (κ2) is 9.92. The van der Waals surface area contributed by atoms with Crippen molar-refractivity contribution in [2.45, 2.75) is 39.2 Å². The van der Waals surface area contributed by atoms with Gasteiger partial charge in [-0.2, -0.15) is 0 Å². The van der Waals surface area contributed by atoms with Gasteiger partial charge in [-0.25, -0.2) is 9.97 Å². The van der Waals surface area contributed by atoms with E-state index in [4.69, 9.17) is 24.6 Å². The van der Waals surface area contributed by atoms with Crippen LogP contribution in [0.2, 0.25) is 0 Å². The molecule has 1 aliphatic carbocycles. The van der Waals surface area contributed by atoms with E-state index in [1.54, 1.807) is 0 Å². The Hall–Kier alpha value is -2.93. The molecule has 31 heavy (non-hydrogen) atoms. The number of hydrogen-bond donors (Lipinski definition) is 1. The zero-order valence-electron chi connectivity index (χ0n) is 18.0. The summed E-state index contributed by atoms with van der Waals surface area (Å²) >= 11 is 0. The lowest BCUT2D eigenvalue weighted by Crippen LogP contribution is -2.37. The summed E-state index contributed by atoms with van der Waals surface area (Å²) in [5, 5.41) is 8.06. The van der Waals surface area contributed by atoms with Gasteiger partial charge in [-0.15, -0.1) is 0 Å². The number of aryl methyl sites for hydroxylation is 1. The van der Waals surface area contributed by atoms with Crippen molar-refractivity contribution in [2.75, 3.05) is 31.2 Å². The van der Waals surface area contributed by atoms with E-state index >= 15 is 0 Å². The molecule has 2 aromatic heterocycles. The number of fused-ring (bicyclic) bond motifs is 1. The van der Waals surface area contributed by atoms with Gasteiger partial charge in [0.05, 0.1) is 24.3 Å². The van der Waals surface area contributed by atoms with Gasteiger partial charge in [0, 0.05) is 37.4 Å². The van der Waals surface area contributed by atoms with Gasteiger partial charge >= 0.3 is 0 Å². The molecule has 164 valence electrons. The third-order valence-electron chi connectivity index (χ3n) is 6.15. The Kier molecular flexibility index (Phi) is 6.82. The Bertz CT molecular complexity index is 1020. The number of nitrogens with zero attached hydrogens (tertiary/aromatic N) is 4. The van der Waals surface area contributed by atoms with Gasteiger partial charge in [0.2, 0.25) is 0 Å². The van der Waals surface area contributed by atoms with Crippen molar-refractivity contribution in [3.63, 3.8) is 0 Å². The Morgan fingerprint density at radius 2 is 1.94 bits per heavy atom. The largest absolute Gasteiger partial charge is 0.483 e. The summed E-state index contributed by atoms with van der Waals surface area (Å²) in [6.07, 6.45) is 9.48. The number of carbonyl (C=O) groups is 1. The summed E-state index contributed by atoms with van der Waals surface area (Å²) in [6, 6.07) is 8.79. The molecule has 0 bridgehead atoms. The molecule has 0 unspecified atom stereocenters. The van der Waals surface area contributed by atoms with Crippen LogP contribution in [0.5, 0.6) is 0 Å². The fraction of sp³-hybridized carbons (Fsp3) is 0.458. The van der Waals surface area contributed by atoms with Gasteiger partial charge in [-0.05, 0) is 43.4 Å². The van der Waals surface area contributed by atoms with Crippen LogP contribution in [0.1, 0.15) is 31.2 Å². The number of imidazole rings is 1. The molecule has 0 amide bonds. The summed E-state index contributed by atoms with van der Waals surface area (Å²) in [5.41, 5.74) is 3.43. The predicted molar refractivity (Wildman–Crippen MR) is 121 cm³/mol. The van der Waals surface area contributed by atoms with Gasteiger partial charge in [-0.1, -0.05) is 25.0 Å². The van der Waals surface area contributed by atoms with Gasteiger partial charge in [0.1, 0.15) is 11.6 Å². The molecule has 0 atom stereocenters. The fourth-order valence-electron chi connectivity index (χ4n) is 4.62. The average molecular weight is 423 g/mol. The second-order valence-corrected chi connectivity index (χ2v) is 8.31. The van der Waals surface area contributed by atoms with E-state index in [9.17, 15) is 0 Å². The van der Waals surface area contributed by atoms with E-state index in [0.717, 1.165) is 61.5 Å². The maximum Gasteiger partial charge on any atom is 0.290 e. The van der Waals surface area contributed by atoms with Gasteiger partial charge in [-0.3, -0.25) is 4.79 Å². The number of ether oxygens (including phenoxy) is 1. The molecular weight excluding hydrogens is 392 g/mol. The normalized spacial score (nSPS) is 16.9. The Morgan fingerprint density at radius 3 is 2.68 bits per heavy atom. The minimum Gasteiger partial charge on any atom is -0.483 e. The Labute approximate surface area is 182 Å². The minimum absolute atomic E-state index is 0.250. The summed E-state index contributed by atoms with van der Waals surface area (Å²) < 4.78 is 7.92. The molecule has 7 nitrogen and oxygen atoms in total. The van der Waals surface area contributed by atoms with Crippen LogP contribution < -0.4 is 4.90 Å². The van der Waals surface area contributed by atoms with Crippen LogP contribution in [0, 0.1) is 12.8 Å². The van der Waals surface area contributed by atoms with Crippen molar-refractivity contribution in [1.82, 2.24) is 14.5 Å². The zero-order valence-corrected chi connectivity index (χ0v) is 18.0. The molecule has 0 radical (unpaired) electrons. The first-order chi connectivity index (χ1) is 15.2. The monoisotopic (exact) mass is 422 g/mol. The molecular formula is C24H30N4O3. The maximum atomic E-state index is 8.36. The topological polar surface area (TPSA) is 80.5 Å². The highest BCUT2D eigenvalue weighted by atomic mass is 16.5. The van der Waals surface area contributed by atoms with E-state index in [0.29, 0.717) is 0 Å². The van der Waals surface area contributed by atoms with Crippen molar-refractivity contribution in [1.29, 1.82) is 0 Å². The van der Waals surface area contributed by atoms with Gasteiger partial charge in [0.25, 0.3) is 6.47 Å². The SMILES string of the molecule is Cc1ccc2cc(-c3nccn3CC3CCCC3)c(N3CCOCC3)nc2c1.O=CO. The van der Waals surface area contributed by atoms with E-state index in [1.165, 1.54) is 36.6 Å². The zero-order chi connectivity index (χ0) is 21.6. The first-order valence-corrected chi connectivity index (χ1v) is 11.0. The Morgan fingerprint density at radius 1 is 1.19 bits per heavy atom. The van der Waals surface area contributed by atoms with Crippen molar-refractivity contribution in [2.24, 2.45) is 5.92 Å². The molecule has 1 aliphatic heterocycles. The molecule has 2 fully saturated rings. The third-order valence-corrected chi connectivity index (χ3v) is 6.15. The number of rotatable bonds is 4. The number of morpholine rings is 1. The van der Waals surface area contributed by atoms with E-state index in [1.807, 2.05) is 6.20 Å². The standard InChI is InChI=1S/C23H28N4O.CH2O2/c1-17-6-7-19-15-20(22-24-8-9-27(22)16-18-4-2-3-5-18)23(25-21(19)14-17)26-10-12-28-13-11-26;2-1-3/h6-9,14-15,18H,2-5,10-13,16H2,1H3;1H,(H,2,3). The van der Waals surface area contributed by atoms with Gasteiger partial charge in [0.15, 0.2) is 0 Å². The van der Waals surface area contributed by atoms with Crippen LogP contribution >= 0.6 is 0 Å². The number of hydrogen-bond acceptors (Lipinski definition) is 5. The number of pyridine rings is 1. The van der Waals surface area contributed by atoms with Crippen LogP contribution in [-0.2, 0) is 16.1 Å². The van der Waals surface area contributed by atoms with E-state index in [-0.39, 0.29) is 6.47 Å². The summed E-state index contributed by atoms with van der Waals surface area (Å²) in [7, 11) is 0. The molecule has 1 saturated carbocycles. The number of carboxylic acid groups (broad SMARTS) is 1. The molecule has 2 aliphatic rings. The predicted octanol–water partition coefficient (Wildman–Crippen LogP) is 4.13. The van der Waals surface area contributed by atoms with Crippen LogP contribution in [0.3, 0.4) is 0 Å². The van der Waals surface area contributed by atoms with Gasteiger partial charge < -0.3 is 19.3 Å². The molecule has 0 spiro atoms. The smallest absolute Gasteiger partial charge is 0.290 e. The van der Waals surface area contributed by atoms with Crippen molar-refractivity contribution >= 4 is 23.2 Å². The lowest BCUT2D eigenvalue weighted by atomic mass is 10.1. The third kappa shape index (κ3) is 4.88. The molecule has 3 heterocycles. The quantitative estimate of drug-likeness (QED) is 0.637. The van der Waals surface area contributed by atoms with Crippen LogP contribution in [0.4, 0.5) is 5.82 Å². The highest BCUT2D eigenvalue weighted by Crippen LogP contribution is 2.34. The molecule has 1 N–H and O–H groups in total. The first kappa shape index (κ1) is 21.3. The highest BCUT2D eigenvalue weighted by molar-refractivity contribution is 5.88. The second-order valence-electron chi connectivity index (χ2n) is 8.31. The molecule has 5 rings (SSSR count).